The number of rotatable bonds is 1. The van der Waals surface area contributed by atoms with Gasteiger partial charge in [-0.1, -0.05) is 0 Å². The molecule has 0 aliphatic rings. The lowest BCUT2D eigenvalue weighted by atomic mass is 10.1. The summed E-state index contributed by atoms with van der Waals surface area (Å²) in [7, 11) is 0. The standard InChI is InChI=1S/C11H17N3S/c1-8-5-6-12-9(7-8)13-10(15)14-11(2,3)4/h5-7H,1-4H3,(H2,12,13,14,15). The molecule has 0 aliphatic carbocycles. The number of thiocarbonyl (C=S) groups is 1. The van der Waals surface area contributed by atoms with Crippen LogP contribution in [0.3, 0.4) is 0 Å². The average Bonchev–Trinajstić information content (AvgIpc) is 1.99. The molecule has 2 N–H and O–H groups in total. The molecule has 0 saturated heterocycles. The van der Waals surface area contributed by atoms with Crippen LogP contribution >= 0.6 is 12.2 Å². The van der Waals surface area contributed by atoms with E-state index in [0.717, 1.165) is 11.4 Å². The number of hydrogen-bond donors (Lipinski definition) is 2. The summed E-state index contributed by atoms with van der Waals surface area (Å²) in [6.45, 7) is 8.20. The van der Waals surface area contributed by atoms with E-state index < -0.39 is 0 Å². The lowest BCUT2D eigenvalue weighted by molar-refractivity contribution is 0.515. The SMILES string of the molecule is Cc1ccnc(NC(=S)NC(C)(C)C)c1. The van der Waals surface area contributed by atoms with Gasteiger partial charge in [0.25, 0.3) is 0 Å². The fraction of sp³-hybridized carbons (Fsp3) is 0.455. The van der Waals surface area contributed by atoms with Crippen LogP contribution < -0.4 is 10.6 Å². The molecule has 0 fully saturated rings. The topological polar surface area (TPSA) is 37.0 Å². The molecule has 3 nitrogen and oxygen atoms in total. The number of nitrogens with zero attached hydrogens (tertiary/aromatic N) is 1. The van der Waals surface area contributed by atoms with Crippen molar-refractivity contribution in [2.24, 2.45) is 0 Å². The highest BCUT2D eigenvalue weighted by atomic mass is 32.1. The molecule has 0 amide bonds. The molecule has 15 heavy (non-hydrogen) atoms. The molecule has 0 unspecified atom stereocenters. The van der Waals surface area contributed by atoms with Crippen LogP contribution in [0, 0.1) is 6.92 Å². The van der Waals surface area contributed by atoms with Gasteiger partial charge < -0.3 is 10.6 Å². The summed E-state index contributed by atoms with van der Waals surface area (Å²) in [5.74, 6) is 0.775. The molecule has 4 heteroatoms. The largest absolute Gasteiger partial charge is 0.358 e. The molecular formula is C11H17N3S. The Hall–Kier alpha value is -1.16. The van der Waals surface area contributed by atoms with Crippen molar-refractivity contribution >= 4 is 23.1 Å². The molecule has 0 atom stereocenters. The molecule has 1 heterocycles. The summed E-state index contributed by atoms with van der Waals surface area (Å²) in [5, 5.41) is 6.81. The van der Waals surface area contributed by atoms with Crippen LogP contribution in [-0.2, 0) is 0 Å². The van der Waals surface area contributed by atoms with Gasteiger partial charge in [0.05, 0.1) is 0 Å². The van der Waals surface area contributed by atoms with Crippen molar-refractivity contribution in [3.63, 3.8) is 0 Å². The van der Waals surface area contributed by atoms with Gasteiger partial charge in [0, 0.05) is 11.7 Å². The summed E-state index contributed by atoms with van der Waals surface area (Å²) >= 11 is 5.17. The van der Waals surface area contributed by atoms with Crippen molar-refractivity contribution in [3.05, 3.63) is 23.9 Å². The van der Waals surface area contributed by atoms with Crippen LogP contribution in [0.1, 0.15) is 26.3 Å². The fourth-order valence-electron chi connectivity index (χ4n) is 1.09. The van der Waals surface area contributed by atoms with Crippen LogP contribution in [0.15, 0.2) is 18.3 Å². The summed E-state index contributed by atoms with van der Waals surface area (Å²) in [4.78, 5) is 4.17. The maximum Gasteiger partial charge on any atom is 0.172 e. The molecule has 1 aromatic heterocycles. The van der Waals surface area contributed by atoms with E-state index in [2.05, 4.69) is 36.4 Å². The normalized spacial score (nSPS) is 10.9. The zero-order valence-corrected chi connectivity index (χ0v) is 10.4. The van der Waals surface area contributed by atoms with E-state index in [1.54, 1.807) is 6.20 Å². The van der Waals surface area contributed by atoms with Gasteiger partial charge in [-0.15, -0.1) is 0 Å². The first-order valence-electron chi connectivity index (χ1n) is 4.89. The summed E-state index contributed by atoms with van der Waals surface area (Å²) in [5.41, 5.74) is 1.12. The van der Waals surface area contributed by atoms with Crippen molar-refractivity contribution in [2.45, 2.75) is 33.2 Å². The molecule has 1 aromatic rings. The second-order valence-corrected chi connectivity index (χ2v) is 4.96. The quantitative estimate of drug-likeness (QED) is 0.717. The minimum absolute atomic E-state index is 0.0338. The molecule has 0 spiro atoms. The predicted molar refractivity (Wildman–Crippen MR) is 68.1 cm³/mol. The van der Waals surface area contributed by atoms with E-state index in [4.69, 9.17) is 12.2 Å². The molecule has 1 rings (SSSR count). The lowest BCUT2D eigenvalue weighted by Crippen LogP contribution is -2.43. The molecule has 0 bridgehead atoms. The number of aromatic nitrogens is 1. The Morgan fingerprint density at radius 1 is 1.40 bits per heavy atom. The zero-order chi connectivity index (χ0) is 11.5. The summed E-state index contributed by atoms with van der Waals surface area (Å²) in [6, 6.07) is 3.90. The molecule has 0 radical (unpaired) electrons. The highest BCUT2D eigenvalue weighted by molar-refractivity contribution is 7.80. The van der Waals surface area contributed by atoms with Crippen LogP contribution in [0.2, 0.25) is 0 Å². The van der Waals surface area contributed by atoms with E-state index in [0.29, 0.717) is 5.11 Å². The van der Waals surface area contributed by atoms with E-state index in [9.17, 15) is 0 Å². The van der Waals surface area contributed by atoms with Crippen LogP contribution in [0.25, 0.3) is 0 Å². The number of anilines is 1. The number of nitrogens with one attached hydrogen (secondary N) is 2. The molecule has 0 saturated carbocycles. The van der Waals surface area contributed by atoms with Gasteiger partial charge in [-0.2, -0.15) is 0 Å². The highest BCUT2D eigenvalue weighted by Gasteiger charge is 2.10. The smallest absolute Gasteiger partial charge is 0.172 e. The Bertz CT molecular complexity index is 355. The molecule has 82 valence electrons. The summed E-state index contributed by atoms with van der Waals surface area (Å²) in [6.07, 6.45) is 1.76. The molecule has 0 aromatic carbocycles. The lowest BCUT2D eigenvalue weighted by Gasteiger charge is -2.22. The van der Waals surface area contributed by atoms with Crippen molar-refractivity contribution in [1.82, 2.24) is 10.3 Å². The van der Waals surface area contributed by atoms with Crippen LogP contribution in [0.4, 0.5) is 5.82 Å². The Kier molecular flexibility index (Phi) is 3.63. The maximum atomic E-state index is 5.17. The Morgan fingerprint density at radius 2 is 2.07 bits per heavy atom. The van der Waals surface area contributed by atoms with Crippen LogP contribution in [0.5, 0.6) is 0 Å². The number of aryl methyl sites for hydroxylation is 1. The summed E-state index contributed by atoms with van der Waals surface area (Å²) < 4.78 is 0. The first-order chi connectivity index (χ1) is 6.87. The van der Waals surface area contributed by atoms with E-state index in [1.807, 2.05) is 19.1 Å². The van der Waals surface area contributed by atoms with Gasteiger partial charge in [-0.3, -0.25) is 0 Å². The zero-order valence-electron chi connectivity index (χ0n) is 9.59. The number of hydrogen-bond acceptors (Lipinski definition) is 2. The van der Waals surface area contributed by atoms with Gasteiger partial charge in [0.15, 0.2) is 5.11 Å². The Balaban J connectivity index is 2.59. The second-order valence-electron chi connectivity index (χ2n) is 4.55. The molecule has 0 aliphatic heterocycles. The molecular weight excluding hydrogens is 206 g/mol. The second kappa shape index (κ2) is 4.57. The first kappa shape index (κ1) is 11.9. The predicted octanol–water partition coefficient (Wildman–Crippen LogP) is 2.47. The Morgan fingerprint density at radius 3 is 2.60 bits per heavy atom. The van der Waals surface area contributed by atoms with Crippen molar-refractivity contribution in [1.29, 1.82) is 0 Å². The monoisotopic (exact) mass is 223 g/mol. The third-order valence-electron chi connectivity index (χ3n) is 1.65. The maximum absolute atomic E-state index is 5.17. The van der Waals surface area contributed by atoms with Crippen molar-refractivity contribution < 1.29 is 0 Å². The first-order valence-corrected chi connectivity index (χ1v) is 5.29. The third-order valence-corrected chi connectivity index (χ3v) is 1.85. The van der Waals surface area contributed by atoms with E-state index >= 15 is 0 Å². The minimum Gasteiger partial charge on any atom is -0.358 e. The highest BCUT2D eigenvalue weighted by Crippen LogP contribution is 2.06. The number of pyridine rings is 1. The third kappa shape index (κ3) is 4.74. The van der Waals surface area contributed by atoms with Crippen molar-refractivity contribution in [2.75, 3.05) is 5.32 Å². The Labute approximate surface area is 96.3 Å². The fourth-order valence-corrected chi connectivity index (χ4v) is 1.50. The van der Waals surface area contributed by atoms with Gasteiger partial charge in [0.2, 0.25) is 0 Å². The van der Waals surface area contributed by atoms with Gasteiger partial charge in [-0.05, 0) is 57.6 Å². The van der Waals surface area contributed by atoms with Gasteiger partial charge in [0.1, 0.15) is 5.82 Å². The average molecular weight is 223 g/mol. The van der Waals surface area contributed by atoms with Gasteiger partial charge >= 0.3 is 0 Å². The van der Waals surface area contributed by atoms with Crippen molar-refractivity contribution in [3.8, 4) is 0 Å². The minimum atomic E-state index is -0.0338. The van der Waals surface area contributed by atoms with E-state index in [-0.39, 0.29) is 5.54 Å². The van der Waals surface area contributed by atoms with E-state index in [1.165, 1.54) is 0 Å². The van der Waals surface area contributed by atoms with Crippen LogP contribution in [-0.4, -0.2) is 15.6 Å². The van der Waals surface area contributed by atoms with Gasteiger partial charge in [-0.25, -0.2) is 4.98 Å².